The Balaban J connectivity index is 1.84. The third-order valence-corrected chi connectivity index (χ3v) is 3.35. The van der Waals surface area contributed by atoms with Gasteiger partial charge in [0.05, 0.1) is 12.7 Å². The van der Waals surface area contributed by atoms with Gasteiger partial charge in [-0.25, -0.2) is 0 Å². The van der Waals surface area contributed by atoms with Gasteiger partial charge in [0, 0.05) is 12.5 Å². The molecule has 2 aliphatic rings. The molecule has 1 N–H and O–H groups in total. The minimum Gasteiger partial charge on any atom is -0.392 e. The molecule has 0 radical (unpaired) electrons. The molecule has 3 atom stereocenters. The van der Waals surface area contributed by atoms with Gasteiger partial charge in [0.25, 0.3) is 0 Å². The summed E-state index contributed by atoms with van der Waals surface area (Å²) >= 11 is 0. The van der Waals surface area contributed by atoms with E-state index in [9.17, 15) is 5.11 Å². The summed E-state index contributed by atoms with van der Waals surface area (Å²) in [5, 5.41) is 9.95. The fourth-order valence-corrected chi connectivity index (χ4v) is 2.15. The molecule has 2 heteroatoms. The zero-order valence-electron chi connectivity index (χ0n) is 7.70. The van der Waals surface area contributed by atoms with Crippen molar-refractivity contribution in [2.45, 2.75) is 32.3 Å². The number of aliphatic hydroxyl groups is 1. The monoisotopic (exact) mass is 170 g/mol. The van der Waals surface area contributed by atoms with Gasteiger partial charge < -0.3 is 9.84 Å². The van der Waals surface area contributed by atoms with Crippen LogP contribution in [-0.4, -0.2) is 24.4 Å². The third-order valence-electron chi connectivity index (χ3n) is 3.35. The van der Waals surface area contributed by atoms with Gasteiger partial charge in [-0.3, -0.25) is 0 Å². The minimum atomic E-state index is -0.111. The highest BCUT2D eigenvalue weighted by atomic mass is 16.5. The van der Waals surface area contributed by atoms with Gasteiger partial charge in [-0.1, -0.05) is 6.92 Å². The maximum absolute atomic E-state index is 9.95. The largest absolute Gasteiger partial charge is 0.392 e. The summed E-state index contributed by atoms with van der Waals surface area (Å²) in [6, 6.07) is 0. The molecule has 0 bridgehead atoms. The highest BCUT2D eigenvalue weighted by Crippen LogP contribution is 2.40. The normalized spacial score (nSPS) is 35.0. The van der Waals surface area contributed by atoms with Gasteiger partial charge in [0.2, 0.25) is 0 Å². The predicted molar refractivity (Wildman–Crippen MR) is 46.8 cm³/mol. The van der Waals surface area contributed by atoms with Gasteiger partial charge >= 0.3 is 0 Å². The summed E-state index contributed by atoms with van der Waals surface area (Å²) in [5.74, 6) is 1.72. The molecule has 2 rings (SSSR count). The molecule has 70 valence electrons. The van der Waals surface area contributed by atoms with Crippen molar-refractivity contribution >= 4 is 0 Å². The van der Waals surface area contributed by atoms with E-state index in [1.807, 2.05) is 0 Å². The lowest BCUT2D eigenvalue weighted by atomic mass is 9.88. The molecular formula is C10H18O2. The van der Waals surface area contributed by atoms with Crippen LogP contribution in [0.5, 0.6) is 0 Å². The van der Waals surface area contributed by atoms with E-state index >= 15 is 0 Å². The van der Waals surface area contributed by atoms with Crippen LogP contribution in [0.4, 0.5) is 0 Å². The Kier molecular flexibility index (Phi) is 2.37. The lowest BCUT2D eigenvalue weighted by Gasteiger charge is -2.23. The molecule has 12 heavy (non-hydrogen) atoms. The molecule has 2 nitrogen and oxygen atoms in total. The van der Waals surface area contributed by atoms with Gasteiger partial charge in [0.15, 0.2) is 0 Å². The SMILES string of the molecule is CC(C1CC1)C(O)C1CCOC1. The maximum atomic E-state index is 9.95. The van der Waals surface area contributed by atoms with Crippen LogP contribution < -0.4 is 0 Å². The fourth-order valence-electron chi connectivity index (χ4n) is 2.15. The van der Waals surface area contributed by atoms with Crippen LogP contribution in [0, 0.1) is 17.8 Å². The van der Waals surface area contributed by atoms with E-state index in [-0.39, 0.29) is 6.10 Å². The Hall–Kier alpha value is -0.0800. The molecule has 2 fully saturated rings. The molecule has 1 saturated carbocycles. The maximum Gasteiger partial charge on any atom is 0.0619 e. The predicted octanol–water partition coefficient (Wildman–Crippen LogP) is 1.43. The number of hydrogen-bond acceptors (Lipinski definition) is 2. The highest BCUT2D eigenvalue weighted by molar-refractivity contribution is 4.86. The number of ether oxygens (including phenoxy) is 1. The number of aliphatic hydroxyl groups excluding tert-OH is 1. The summed E-state index contributed by atoms with van der Waals surface area (Å²) < 4.78 is 5.27. The van der Waals surface area contributed by atoms with Gasteiger partial charge in [-0.15, -0.1) is 0 Å². The van der Waals surface area contributed by atoms with E-state index in [1.165, 1.54) is 12.8 Å². The lowest BCUT2D eigenvalue weighted by molar-refractivity contribution is 0.0414. The average molecular weight is 170 g/mol. The lowest BCUT2D eigenvalue weighted by Crippen LogP contribution is -2.28. The summed E-state index contributed by atoms with van der Waals surface area (Å²) in [7, 11) is 0. The van der Waals surface area contributed by atoms with Crippen LogP contribution in [0.3, 0.4) is 0 Å². The Labute approximate surface area is 73.9 Å². The van der Waals surface area contributed by atoms with Crippen molar-refractivity contribution in [3.8, 4) is 0 Å². The molecule has 1 aliphatic heterocycles. The molecule has 3 unspecified atom stereocenters. The van der Waals surface area contributed by atoms with E-state index < -0.39 is 0 Å². The molecule has 0 aromatic carbocycles. The smallest absolute Gasteiger partial charge is 0.0619 e. The van der Waals surface area contributed by atoms with Gasteiger partial charge in [-0.2, -0.15) is 0 Å². The average Bonchev–Trinajstić information content (AvgIpc) is 2.79. The van der Waals surface area contributed by atoms with Crippen molar-refractivity contribution in [2.75, 3.05) is 13.2 Å². The van der Waals surface area contributed by atoms with Gasteiger partial charge in [0.1, 0.15) is 0 Å². The Morgan fingerprint density at radius 3 is 2.50 bits per heavy atom. The van der Waals surface area contributed by atoms with Crippen LogP contribution in [0.25, 0.3) is 0 Å². The quantitative estimate of drug-likeness (QED) is 0.694. The fraction of sp³-hybridized carbons (Fsp3) is 1.00. The third kappa shape index (κ3) is 1.64. The van der Waals surface area contributed by atoms with Crippen molar-refractivity contribution < 1.29 is 9.84 Å². The van der Waals surface area contributed by atoms with E-state index in [2.05, 4.69) is 6.92 Å². The van der Waals surface area contributed by atoms with Crippen molar-refractivity contribution in [1.82, 2.24) is 0 Å². The van der Waals surface area contributed by atoms with E-state index in [0.29, 0.717) is 11.8 Å². The first kappa shape index (κ1) is 8.52. The van der Waals surface area contributed by atoms with E-state index in [1.54, 1.807) is 0 Å². The second-order valence-corrected chi connectivity index (χ2v) is 4.31. The van der Waals surface area contributed by atoms with Crippen molar-refractivity contribution in [2.24, 2.45) is 17.8 Å². The van der Waals surface area contributed by atoms with Crippen LogP contribution in [0.15, 0.2) is 0 Å². The summed E-state index contributed by atoms with van der Waals surface area (Å²) in [5.41, 5.74) is 0. The molecule has 0 amide bonds. The first-order valence-electron chi connectivity index (χ1n) is 5.05. The Bertz CT molecular complexity index is 146. The zero-order valence-corrected chi connectivity index (χ0v) is 7.70. The standard InChI is InChI=1S/C10H18O2/c1-7(8-2-3-8)10(11)9-4-5-12-6-9/h7-11H,2-6H2,1H3. The molecule has 1 aliphatic carbocycles. The summed E-state index contributed by atoms with van der Waals surface area (Å²) in [6.07, 6.45) is 3.59. The van der Waals surface area contributed by atoms with Crippen molar-refractivity contribution in [1.29, 1.82) is 0 Å². The van der Waals surface area contributed by atoms with Gasteiger partial charge in [-0.05, 0) is 31.1 Å². The molecular weight excluding hydrogens is 152 g/mol. The zero-order chi connectivity index (χ0) is 8.55. The number of hydrogen-bond donors (Lipinski definition) is 1. The first-order valence-corrected chi connectivity index (χ1v) is 5.05. The number of rotatable bonds is 3. The van der Waals surface area contributed by atoms with Crippen LogP contribution >= 0.6 is 0 Å². The van der Waals surface area contributed by atoms with Crippen LogP contribution in [0.1, 0.15) is 26.2 Å². The van der Waals surface area contributed by atoms with E-state index in [0.717, 1.165) is 25.6 Å². The first-order chi connectivity index (χ1) is 5.79. The highest BCUT2D eigenvalue weighted by Gasteiger charge is 2.37. The van der Waals surface area contributed by atoms with Crippen LogP contribution in [-0.2, 0) is 4.74 Å². The Morgan fingerprint density at radius 1 is 1.25 bits per heavy atom. The summed E-state index contributed by atoms with van der Waals surface area (Å²) in [6.45, 7) is 3.80. The minimum absolute atomic E-state index is 0.111. The van der Waals surface area contributed by atoms with Crippen molar-refractivity contribution in [3.63, 3.8) is 0 Å². The Morgan fingerprint density at radius 2 is 2.00 bits per heavy atom. The molecule has 0 spiro atoms. The summed E-state index contributed by atoms with van der Waals surface area (Å²) in [4.78, 5) is 0. The topological polar surface area (TPSA) is 29.5 Å². The van der Waals surface area contributed by atoms with Crippen LogP contribution in [0.2, 0.25) is 0 Å². The van der Waals surface area contributed by atoms with Crippen molar-refractivity contribution in [3.05, 3.63) is 0 Å². The molecule has 1 saturated heterocycles. The molecule has 1 heterocycles. The second kappa shape index (κ2) is 3.35. The molecule has 0 aromatic rings. The molecule has 0 aromatic heterocycles. The second-order valence-electron chi connectivity index (χ2n) is 4.31. The van der Waals surface area contributed by atoms with E-state index in [4.69, 9.17) is 4.74 Å².